The van der Waals surface area contributed by atoms with Crippen molar-refractivity contribution in [3.63, 3.8) is 0 Å². The van der Waals surface area contributed by atoms with E-state index < -0.39 is 0 Å². The van der Waals surface area contributed by atoms with Crippen molar-refractivity contribution < 1.29 is 9.47 Å². The van der Waals surface area contributed by atoms with Crippen molar-refractivity contribution in [1.29, 1.82) is 0 Å². The van der Waals surface area contributed by atoms with Crippen LogP contribution in [0.25, 0.3) is 0 Å². The highest BCUT2D eigenvalue weighted by Crippen LogP contribution is 2.28. The lowest BCUT2D eigenvalue weighted by Crippen LogP contribution is -2.24. The molecular weight excluding hydrogens is 400 g/mol. The van der Waals surface area contributed by atoms with Crippen LogP contribution in [0.3, 0.4) is 0 Å². The summed E-state index contributed by atoms with van der Waals surface area (Å²) in [6.07, 6.45) is 0. The van der Waals surface area contributed by atoms with Crippen LogP contribution >= 0.6 is 15.9 Å². The molecule has 0 unspecified atom stereocenters. The van der Waals surface area contributed by atoms with Crippen molar-refractivity contribution in [2.45, 2.75) is 32.8 Å². The van der Waals surface area contributed by atoms with Gasteiger partial charge in [0.25, 0.3) is 0 Å². The molecule has 0 spiro atoms. The summed E-state index contributed by atoms with van der Waals surface area (Å²) < 4.78 is 13.1. The molecule has 0 heterocycles. The average molecular weight is 425 g/mol. The van der Waals surface area contributed by atoms with E-state index in [1.807, 2.05) is 48.5 Å². The second kappa shape index (κ2) is 8.73. The van der Waals surface area contributed by atoms with Gasteiger partial charge in [0.1, 0.15) is 11.5 Å². The van der Waals surface area contributed by atoms with Crippen LogP contribution in [0.15, 0.2) is 77.3 Å². The Morgan fingerprint density at radius 1 is 0.852 bits per heavy atom. The van der Waals surface area contributed by atoms with Crippen LogP contribution in [0.4, 0.5) is 0 Å². The first kappa shape index (κ1) is 19.7. The molecule has 0 aliphatic rings. The maximum atomic E-state index is 6.04. The first-order valence-electron chi connectivity index (χ1n) is 9.10. The van der Waals surface area contributed by atoms with E-state index in [1.165, 1.54) is 11.1 Å². The minimum atomic E-state index is -0.0611. The fourth-order valence-corrected chi connectivity index (χ4v) is 3.22. The predicted octanol–water partition coefficient (Wildman–Crippen LogP) is 7.04. The highest BCUT2D eigenvalue weighted by molar-refractivity contribution is 9.10. The fraction of sp³-hybridized carbons (Fsp3) is 0.250. The lowest BCUT2D eigenvalue weighted by Gasteiger charge is -2.25. The normalized spacial score (nSPS) is 11.4. The number of ether oxygens (including phenoxy) is 2. The molecule has 0 fully saturated rings. The van der Waals surface area contributed by atoms with Crippen molar-refractivity contribution in [3.8, 4) is 11.5 Å². The minimum Gasteiger partial charge on any atom is -0.457 e. The molecule has 0 atom stereocenters. The molecule has 0 N–H and O–H groups in total. The fourth-order valence-electron chi connectivity index (χ4n) is 2.84. The van der Waals surface area contributed by atoms with Gasteiger partial charge in [-0.25, -0.2) is 0 Å². The highest BCUT2D eigenvalue weighted by atomic mass is 79.9. The van der Waals surface area contributed by atoms with Gasteiger partial charge in [-0.1, -0.05) is 72.2 Å². The Hall–Kier alpha value is -2.10. The monoisotopic (exact) mass is 424 g/mol. The zero-order valence-corrected chi connectivity index (χ0v) is 17.6. The SMILES string of the molecule is Cc1ccc(C(C)(C)COCc2cccc(Oc3ccccc3)c2)cc1Br. The lowest BCUT2D eigenvalue weighted by molar-refractivity contribution is 0.0824. The zero-order chi connectivity index (χ0) is 19.3. The van der Waals surface area contributed by atoms with Gasteiger partial charge < -0.3 is 9.47 Å². The number of halogens is 1. The number of hydrogen-bond donors (Lipinski definition) is 0. The summed E-state index contributed by atoms with van der Waals surface area (Å²) in [6.45, 7) is 7.72. The molecule has 0 bridgehead atoms. The van der Waals surface area contributed by atoms with Crippen molar-refractivity contribution in [2.24, 2.45) is 0 Å². The number of rotatable bonds is 7. The summed E-state index contributed by atoms with van der Waals surface area (Å²) in [7, 11) is 0. The molecule has 140 valence electrons. The summed E-state index contributed by atoms with van der Waals surface area (Å²) >= 11 is 3.62. The van der Waals surface area contributed by atoms with Gasteiger partial charge in [0.15, 0.2) is 0 Å². The van der Waals surface area contributed by atoms with E-state index in [4.69, 9.17) is 9.47 Å². The lowest BCUT2D eigenvalue weighted by atomic mass is 9.85. The van der Waals surface area contributed by atoms with Crippen LogP contribution < -0.4 is 4.74 Å². The summed E-state index contributed by atoms with van der Waals surface area (Å²) in [4.78, 5) is 0. The first-order valence-corrected chi connectivity index (χ1v) is 9.89. The molecule has 0 radical (unpaired) electrons. The molecule has 3 heteroatoms. The maximum Gasteiger partial charge on any atom is 0.127 e. The highest BCUT2D eigenvalue weighted by Gasteiger charge is 2.21. The Labute approximate surface area is 170 Å². The third kappa shape index (κ3) is 5.44. The summed E-state index contributed by atoms with van der Waals surface area (Å²) in [6, 6.07) is 24.4. The van der Waals surface area contributed by atoms with Gasteiger partial charge in [-0.3, -0.25) is 0 Å². The molecule has 0 aliphatic heterocycles. The molecule has 0 aromatic heterocycles. The van der Waals surface area contributed by atoms with E-state index in [1.54, 1.807) is 0 Å². The Morgan fingerprint density at radius 3 is 2.33 bits per heavy atom. The second-order valence-corrected chi connectivity index (χ2v) is 8.26. The van der Waals surface area contributed by atoms with Gasteiger partial charge in [-0.05, 0) is 53.9 Å². The third-order valence-corrected chi connectivity index (χ3v) is 5.42. The van der Waals surface area contributed by atoms with Crippen molar-refractivity contribution in [3.05, 3.63) is 94.0 Å². The molecule has 0 amide bonds. The molecule has 3 aromatic rings. The van der Waals surface area contributed by atoms with Crippen molar-refractivity contribution in [1.82, 2.24) is 0 Å². The smallest absolute Gasteiger partial charge is 0.127 e. The number of aryl methyl sites for hydroxylation is 1. The second-order valence-electron chi connectivity index (χ2n) is 7.40. The predicted molar refractivity (Wildman–Crippen MR) is 115 cm³/mol. The largest absolute Gasteiger partial charge is 0.457 e. The number of benzene rings is 3. The Morgan fingerprint density at radius 2 is 1.59 bits per heavy atom. The van der Waals surface area contributed by atoms with E-state index in [-0.39, 0.29) is 5.41 Å². The zero-order valence-electron chi connectivity index (χ0n) is 16.0. The van der Waals surface area contributed by atoms with Gasteiger partial charge in [0.2, 0.25) is 0 Å². The van der Waals surface area contributed by atoms with Crippen molar-refractivity contribution >= 4 is 15.9 Å². The number of para-hydroxylation sites is 1. The molecule has 0 saturated heterocycles. The molecule has 2 nitrogen and oxygen atoms in total. The van der Waals surface area contributed by atoms with Crippen LogP contribution in [0.5, 0.6) is 11.5 Å². The first-order chi connectivity index (χ1) is 12.9. The van der Waals surface area contributed by atoms with E-state index in [9.17, 15) is 0 Å². The van der Waals surface area contributed by atoms with Crippen LogP contribution in [0.1, 0.15) is 30.5 Å². The van der Waals surface area contributed by atoms with Gasteiger partial charge in [-0.2, -0.15) is 0 Å². The van der Waals surface area contributed by atoms with E-state index in [0.717, 1.165) is 21.5 Å². The van der Waals surface area contributed by atoms with Crippen LogP contribution in [-0.4, -0.2) is 6.61 Å². The van der Waals surface area contributed by atoms with E-state index in [2.05, 4.69) is 61.0 Å². The van der Waals surface area contributed by atoms with Gasteiger partial charge in [0.05, 0.1) is 13.2 Å². The summed E-state index contributed by atoms with van der Waals surface area (Å²) in [5, 5.41) is 0. The molecular formula is C24H25BrO2. The maximum absolute atomic E-state index is 6.04. The standard InChI is InChI=1S/C24H25BrO2/c1-18-12-13-20(15-23(18)25)24(2,3)17-26-16-19-8-7-11-22(14-19)27-21-9-5-4-6-10-21/h4-15H,16-17H2,1-3H3. The Bertz CT molecular complexity index is 888. The van der Waals surface area contributed by atoms with Crippen LogP contribution in [0, 0.1) is 6.92 Å². The molecule has 3 rings (SSSR count). The molecule has 0 aliphatic carbocycles. The van der Waals surface area contributed by atoms with Gasteiger partial charge >= 0.3 is 0 Å². The van der Waals surface area contributed by atoms with Gasteiger partial charge in [-0.15, -0.1) is 0 Å². The van der Waals surface area contributed by atoms with Crippen LogP contribution in [0.2, 0.25) is 0 Å². The number of hydrogen-bond acceptors (Lipinski definition) is 2. The minimum absolute atomic E-state index is 0.0611. The molecule has 0 saturated carbocycles. The topological polar surface area (TPSA) is 18.5 Å². The Balaban J connectivity index is 1.59. The Kier molecular flexibility index (Phi) is 6.35. The summed E-state index contributed by atoms with van der Waals surface area (Å²) in [5.41, 5.74) is 3.55. The van der Waals surface area contributed by atoms with E-state index in [0.29, 0.717) is 13.2 Å². The third-order valence-electron chi connectivity index (χ3n) is 4.56. The summed E-state index contributed by atoms with van der Waals surface area (Å²) in [5.74, 6) is 1.66. The van der Waals surface area contributed by atoms with Gasteiger partial charge in [0, 0.05) is 9.89 Å². The van der Waals surface area contributed by atoms with Crippen molar-refractivity contribution in [2.75, 3.05) is 6.61 Å². The van der Waals surface area contributed by atoms with Crippen LogP contribution in [-0.2, 0) is 16.8 Å². The molecule has 27 heavy (non-hydrogen) atoms. The van der Waals surface area contributed by atoms with E-state index >= 15 is 0 Å². The molecule has 3 aromatic carbocycles. The average Bonchev–Trinajstić information content (AvgIpc) is 2.65. The quantitative estimate of drug-likeness (QED) is 0.404.